The van der Waals surface area contributed by atoms with Crippen LogP contribution in [0, 0.1) is 11.9 Å². The topological polar surface area (TPSA) is 9.23 Å². The molecule has 0 aliphatic heterocycles. The lowest BCUT2D eigenvalue weighted by atomic mass is 10.2. The van der Waals surface area contributed by atoms with Crippen LogP contribution < -0.4 is 0 Å². The van der Waals surface area contributed by atoms with Crippen LogP contribution in [0.1, 0.15) is 5.56 Å². The van der Waals surface area contributed by atoms with E-state index in [0.29, 0.717) is 5.56 Å². The minimum atomic E-state index is -0.260. The largest absolute Gasteiger partial charge is 0.380 e. The van der Waals surface area contributed by atoms with Gasteiger partial charge in [-0.25, -0.2) is 4.39 Å². The molecule has 0 saturated heterocycles. The highest BCUT2D eigenvalue weighted by Crippen LogP contribution is 2.05. The fourth-order valence-electron chi connectivity index (χ4n) is 0.706. The van der Waals surface area contributed by atoms with E-state index in [1.165, 1.54) is 13.2 Å². The van der Waals surface area contributed by atoms with Crippen molar-refractivity contribution in [3.63, 3.8) is 0 Å². The lowest BCUT2D eigenvalue weighted by Gasteiger charge is -1.98. The standard InChI is InChI=1S/C8H8FO/c1-10-6-7-4-2-3-5-8(7)9/h2-3,5H,6H2,1H3. The third-order valence-corrected chi connectivity index (χ3v) is 1.17. The monoisotopic (exact) mass is 139 g/mol. The van der Waals surface area contributed by atoms with Crippen molar-refractivity contribution in [3.8, 4) is 0 Å². The van der Waals surface area contributed by atoms with Gasteiger partial charge in [0.05, 0.1) is 6.61 Å². The van der Waals surface area contributed by atoms with Gasteiger partial charge in [-0.05, 0) is 12.1 Å². The third kappa shape index (κ3) is 1.54. The first-order valence-electron chi connectivity index (χ1n) is 2.98. The molecule has 0 aliphatic carbocycles. The number of halogens is 1. The van der Waals surface area contributed by atoms with Crippen LogP contribution in [0.4, 0.5) is 4.39 Å². The normalized spacial score (nSPS) is 9.80. The summed E-state index contributed by atoms with van der Waals surface area (Å²) in [7, 11) is 1.53. The molecule has 0 aromatic heterocycles. The molecule has 0 spiro atoms. The van der Waals surface area contributed by atoms with Crippen LogP contribution in [0.15, 0.2) is 18.2 Å². The van der Waals surface area contributed by atoms with Crippen molar-refractivity contribution in [1.82, 2.24) is 0 Å². The van der Waals surface area contributed by atoms with Crippen molar-refractivity contribution in [2.75, 3.05) is 7.11 Å². The molecule has 1 aromatic rings. The Bertz CT molecular complexity index is 210. The second-order valence-corrected chi connectivity index (χ2v) is 1.93. The average molecular weight is 139 g/mol. The van der Waals surface area contributed by atoms with Crippen LogP contribution in [0.5, 0.6) is 0 Å². The molecule has 0 heterocycles. The molecule has 1 aromatic carbocycles. The van der Waals surface area contributed by atoms with Crippen LogP contribution in [-0.4, -0.2) is 7.11 Å². The number of hydrogen-bond acceptors (Lipinski definition) is 1. The van der Waals surface area contributed by atoms with E-state index in [1.807, 2.05) is 0 Å². The molecule has 1 rings (SSSR count). The molecule has 0 N–H and O–H groups in total. The Balaban J connectivity index is 2.81. The molecule has 1 nitrogen and oxygen atoms in total. The van der Waals surface area contributed by atoms with E-state index in [0.717, 1.165) is 0 Å². The van der Waals surface area contributed by atoms with E-state index >= 15 is 0 Å². The molecule has 0 amide bonds. The van der Waals surface area contributed by atoms with Crippen LogP contribution in [0.25, 0.3) is 0 Å². The Kier molecular flexibility index (Phi) is 2.40. The first kappa shape index (κ1) is 7.22. The number of benzene rings is 1. The van der Waals surface area contributed by atoms with Crippen molar-refractivity contribution in [1.29, 1.82) is 0 Å². The summed E-state index contributed by atoms with van der Waals surface area (Å²) >= 11 is 0. The minimum Gasteiger partial charge on any atom is -0.380 e. The Morgan fingerprint density at radius 1 is 1.70 bits per heavy atom. The summed E-state index contributed by atoms with van der Waals surface area (Å²) in [5.74, 6) is -0.260. The Labute approximate surface area is 59.4 Å². The highest BCUT2D eigenvalue weighted by Gasteiger charge is 1.97. The zero-order valence-electron chi connectivity index (χ0n) is 5.73. The fraction of sp³-hybridized carbons (Fsp3) is 0.250. The van der Waals surface area contributed by atoms with Gasteiger partial charge in [-0.3, -0.25) is 0 Å². The second-order valence-electron chi connectivity index (χ2n) is 1.93. The summed E-state index contributed by atoms with van der Waals surface area (Å²) in [5.41, 5.74) is 0.477. The van der Waals surface area contributed by atoms with E-state index in [4.69, 9.17) is 4.74 Å². The van der Waals surface area contributed by atoms with Crippen molar-refractivity contribution in [2.45, 2.75) is 6.61 Å². The molecule has 0 bridgehead atoms. The van der Waals surface area contributed by atoms with E-state index < -0.39 is 0 Å². The summed E-state index contributed by atoms with van der Waals surface area (Å²) in [4.78, 5) is 0. The fourth-order valence-corrected chi connectivity index (χ4v) is 0.706. The molecule has 1 radical (unpaired) electrons. The predicted octanol–water partition coefficient (Wildman–Crippen LogP) is 1.77. The maximum Gasteiger partial charge on any atom is 0.129 e. The molecule has 0 aliphatic rings. The first-order valence-corrected chi connectivity index (χ1v) is 2.98. The smallest absolute Gasteiger partial charge is 0.129 e. The summed E-state index contributed by atoms with van der Waals surface area (Å²) in [5, 5.41) is 0. The molecule has 0 atom stereocenters. The lowest BCUT2D eigenvalue weighted by Crippen LogP contribution is -1.91. The maximum absolute atomic E-state index is 12.7. The molecule has 10 heavy (non-hydrogen) atoms. The van der Waals surface area contributed by atoms with Gasteiger partial charge < -0.3 is 4.74 Å². The van der Waals surface area contributed by atoms with Crippen molar-refractivity contribution in [3.05, 3.63) is 35.6 Å². The zero-order chi connectivity index (χ0) is 7.40. The number of methoxy groups -OCH3 is 1. The van der Waals surface area contributed by atoms with Crippen molar-refractivity contribution in [2.24, 2.45) is 0 Å². The van der Waals surface area contributed by atoms with E-state index in [2.05, 4.69) is 6.07 Å². The Morgan fingerprint density at radius 3 is 3.10 bits per heavy atom. The summed E-state index contributed by atoms with van der Waals surface area (Å²) < 4.78 is 17.4. The Morgan fingerprint density at radius 2 is 2.50 bits per heavy atom. The van der Waals surface area contributed by atoms with Crippen LogP contribution in [0.2, 0.25) is 0 Å². The number of rotatable bonds is 2. The molecule has 0 fully saturated rings. The molecule has 2 heteroatoms. The highest BCUT2D eigenvalue weighted by atomic mass is 19.1. The van der Waals surface area contributed by atoms with E-state index in [1.54, 1.807) is 12.1 Å². The highest BCUT2D eigenvalue weighted by molar-refractivity contribution is 5.14. The molecule has 53 valence electrons. The van der Waals surface area contributed by atoms with Gasteiger partial charge in [-0.1, -0.05) is 12.1 Å². The number of ether oxygens (including phenoxy) is 1. The van der Waals surface area contributed by atoms with E-state index in [9.17, 15) is 4.39 Å². The molecule has 0 saturated carbocycles. The van der Waals surface area contributed by atoms with Gasteiger partial charge >= 0.3 is 0 Å². The van der Waals surface area contributed by atoms with Crippen LogP contribution in [-0.2, 0) is 11.3 Å². The SMILES string of the molecule is COCc1[c]cccc1F. The third-order valence-electron chi connectivity index (χ3n) is 1.17. The van der Waals surface area contributed by atoms with Gasteiger partial charge in [-0.2, -0.15) is 0 Å². The summed E-state index contributed by atoms with van der Waals surface area (Å²) in [6.07, 6.45) is 0. The number of hydrogen-bond donors (Lipinski definition) is 0. The molecular weight excluding hydrogens is 131 g/mol. The minimum absolute atomic E-state index is 0.260. The molecule has 0 unspecified atom stereocenters. The van der Waals surface area contributed by atoms with Gasteiger partial charge in [0.1, 0.15) is 5.82 Å². The van der Waals surface area contributed by atoms with Gasteiger partial charge in [-0.15, -0.1) is 0 Å². The van der Waals surface area contributed by atoms with E-state index in [-0.39, 0.29) is 12.4 Å². The van der Waals surface area contributed by atoms with Gasteiger partial charge in [0.2, 0.25) is 0 Å². The zero-order valence-corrected chi connectivity index (χ0v) is 5.73. The summed E-state index contributed by atoms with van der Waals surface area (Å²) in [6.45, 7) is 0.284. The van der Waals surface area contributed by atoms with Gasteiger partial charge in [0, 0.05) is 12.7 Å². The van der Waals surface area contributed by atoms with Gasteiger partial charge in [0.15, 0.2) is 0 Å². The van der Waals surface area contributed by atoms with Crippen LogP contribution >= 0.6 is 0 Å². The lowest BCUT2D eigenvalue weighted by molar-refractivity contribution is 0.181. The van der Waals surface area contributed by atoms with Crippen molar-refractivity contribution >= 4 is 0 Å². The first-order chi connectivity index (χ1) is 4.84. The van der Waals surface area contributed by atoms with Gasteiger partial charge in [0.25, 0.3) is 0 Å². The summed E-state index contributed by atoms with van der Waals surface area (Å²) in [6, 6.07) is 7.40. The average Bonchev–Trinajstić information content (AvgIpc) is 1.94. The molecular formula is C8H8FO. The maximum atomic E-state index is 12.7. The Hall–Kier alpha value is -0.890. The quantitative estimate of drug-likeness (QED) is 0.606. The second kappa shape index (κ2) is 3.32. The predicted molar refractivity (Wildman–Crippen MR) is 35.9 cm³/mol. The van der Waals surface area contributed by atoms with Crippen molar-refractivity contribution < 1.29 is 9.13 Å². The van der Waals surface area contributed by atoms with Crippen LogP contribution in [0.3, 0.4) is 0 Å².